The first-order valence-electron chi connectivity index (χ1n) is 16.8. The zero-order valence-electron chi connectivity index (χ0n) is 27.6. The highest BCUT2D eigenvalue weighted by Gasteiger charge is 2.34. The molecule has 4 aromatic rings. The smallest absolute Gasteiger partial charge is 0.269 e. The van der Waals surface area contributed by atoms with Crippen molar-refractivity contribution in [1.29, 1.82) is 0 Å². The van der Waals surface area contributed by atoms with Gasteiger partial charge in [-0.25, -0.2) is 0 Å². The average molecular weight is 674 g/mol. The van der Waals surface area contributed by atoms with Gasteiger partial charge in [-0.2, -0.15) is 8.42 Å². The molecule has 0 spiro atoms. The molecule has 8 heteroatoms. The van der Waals surface area contributed by atoms with Crippen LogP contribution in [0.1, 0.15) is 69.8 Å². The number of para-hydroxylation sites is 1. The molecule has 2 aliphatic rings. The predicted octanol–water partition coefficient (Wildman–Crippen LogP) is 9.47. The van der Waals surface area contributed by atoms with Gasteiger partial charge in [0.2, 0.25) is 0 Å². The van der Waals surface area contributed by atoms with Crippen LogP contribution in [-0.2, 0) is 15.9 Å². The summed E-state index contributed by atoms with van der Waals surface area (Å²) >= 11 is 0. The molecule has 2 aliphatic carbocycles. The minimum absolute atomic E-state index is 0.182. The highest BCUT2D eigenvalue weighted by atomic mass is 32.2. The number of benzene rings is 4. The standard InChI is InChI=1S/C26H35O2P.C13H13NO3S/c1-27-23-17-11-18-24(28-2)26(23)22-16-9-10-19-25(22)29(20-12-5-3-6-13-20)21-14-7-4-8-15-21;14-13-8-4-3-7-12(13)11-6-2-1-5-10(11)9-18(15,16)17/h9-11,16-21H,3-8,12-15H2,1-2H3;1-8H,9,14H2,(H,15,16,17). The summed E-state index contributed by atoms with van der Waals surface area (Å²) in [6, 6.07) is 29.5. The number of nitrogens with two attached hydrogens (primary N) is 1. The summed E-state index contributed by atoms with van der Waals surface area (Å²) in [5, 5.41) is 1.59. The van der Waals surface area contributed by atoms with E-state index in [2.05, 4.69) is 36.4 Å². The molecule has 250 valence electrons. The van der Waals surface area contributed by atoms with E-state index >= 15 is 0 Å². The minimum atomic E-state index is -4.06. The van der Waals surface area contributed by atoms with Crippen LogP contribution in [-0.4, -0.2) is 38.5 Å². The molecular weight excluding hydrogens is 625 g/mol. The molecule has 0 heterocycles. The fourth-order valence-electron chi connectivity index (χ4n) is 7.28. The van der Waals surface area contributed by atoms with Crippen molar-refractivity contribution in [3.05, 3.63) is 96.6 Å². The number of anilines is 1. The maximum absolute atomic E-state index is 11.0. The Morgan fingerprint density at radius 3 is 1.68 bits per heavy atom. The zero-order valence-corrected chi connectivity index (χ0v) is 29.3. The summed E-state index contributed by atoms with van der Waals surface area (Å²) in [5.41, 5.74) is 12.7. The lowest BCUT2D eigenvalue weighted by molar-refractivity contribution is 0.397. The van der Waals surface area contributed by atoms with E-state index in [0.717, 1.165) is 33.9 Å². The first-order valence-corrected chi connectivity index (χ1v) is 19.9. The van der Waals surface area contributed by atoms with Gasteiger partial charge in [-0.1, -0.05) is 119 Å². The van der Waals surface area contributed by atoms with Gasteiger partial charge in [0, 0.05) is 11.3 Å². The lowest BCUT2D eigenvalue weighted by Gasteiger charge is -2.39. The molecule has 2 saturated carbocycles. The van der Waals surface area contributed by atoms with Crippen molar-refractivity contribution in [3.63, 3.8) is 0 Å². The lowest BCUT2D eigenvalue weighted by Crippen LogP contribution is -2.27. The number of hydrogen-bond acceptors (Lipinski definition) is 5. The quantitative estimate of drug-likeness (QED) is 0.104. The first-order chi connectivity index (χ1) is 22.8. The van der Waals surface area contributed by atoms with Gasteiger partial charge in [-0.15, -0.1) is 0 Å². The van der Waals surface area contributed by atoms with E-state index in [1.165, 1.54) is 69.8 Å². The maximum atomic E-state index is 11.0. The van der Waals surface area contributed by atoms with E-state index < -0.39 is 15.9 Å². The van der Waals surface area contributed by atoms with Crippen LogP contribution in [0.25, 0.3) is 22.3 Å². The van der Waals surface area contributed by atoms with Gasteiger partial charge in [-0.3, -0.25) is 4.55 Å². The molecule has 0 atom stereocenters. The highest BCUT2D eigenvalue weighted by Crippen LogP contribution is 2.57. The first kappa shape index (κ1) is 34.9. The molecule has 4 aromatic carbocycles. The van der Waals surface area contributed by atoms with E-state index in [9.17, 15) is 8.42 Å². The van der Waals surface area contributed by atoms with Crippen LogP contribution in [0.2, 0.25) is 0 Å². The van der Waals surface area contributed by atoms with Crippen LogP contribution in [0.3, 0.4) is 0 Å². The van der Waals surface area contributed by atoms with Crippen LogP contribution in [0.15, 0.2) is 91.0 Å². The molecule has 0 amide bonds. The maximum Gasteiger partial charge on any atom is 0.269 e. The summed E-state index contributed by atoms with van der Waals surface area (Å²) in [7, 11) is -0.704. The molecule has 0 aliphatic heterocycles. The van der Waals surface area contributed by atoms with Gasteiger partial charge in [-0.05, 0) is 77.2 Å². The van der Waals surface area contributed by atoms with E-state index in [1.807, 2.05) is 24.3 Å². The van der Waals surface area contributed by atoms with Crippen molar-refractivity contribution in [2.75, 3.05) is 20.0 Å². The van der Waals surface area contributed by atoms with Gasteiger partial charge < -0.3 is 15.2 Å². The Morgan fingerprint density at radius 2 is 1.15 bits per heavy atom. The molecule has 6 rings (SSSR count). The van der Waals surface area contributed by atoms with Crippen molar-refractivity contribution in [3.8, 4) is 33.8 Å². The largest absolute Gasteiger partial charge is 0.496 e. The zero-order chi connectivity index (χ0) is 33.2. The van der Waals surface area contributed by atoms with Gasteiger partial charge in [0.15, 0.2) is 0 Å². The molecule has 47 heavy (non-hydrogen) atoms. The lowest BCUT2D eigenvalue weighted by atomic mass is 9.99. The fourth-order valence-corrected chi connectivity index (χ4v) is 11.9. The molecule has 2 fully saturated rings. The SMILES string of the molecule is COc1cccc(OC)c1-c1ccccc1P(C1CCCCC1)C1CCCCC1.Nc1ccccc1-c1ccccc1CS(=O)(=O)O. The molecule has 0 radical (unpaired) electrons. The Balaban J connectivity index is 0.000000207. The second-order valence-corrected chi connectivity index (χ2v) is 16.7. The Bertz CT molecular complexity index is 1670. The third-order valence-corrected chi connectivity index (χ3v) is 13.7. The Labute approximate surface area is 282 Å². The van der Waals surface area contributed by atoms with Crippen LogP contribution < -0.4 is 20.5 Å². The van der Waals surface area contributed by atoms with Crippen molar-refractivity contribution in [2.24, 2.45) is 0 Å². The second kappa shape index (κ2) is 16.6. The van der Waals surface area contributed by atoms with Crippen molar-refractivity contribution in [2.45, 2.75) is 81.3 Å². The fraction of sp³-hybridized carbons (Fsp3) is 0.385. The predicted molar refractivity (Wildman–Crippen MR) is 197 cm³/mol. The number of rotatable bonds is 9. The summed E-state index contributed by atoms with van der Waals surface area (Å²) in [4.78, 5) is 0. The molecule has 0 unspecified atom stereocenters. The summed E-state index contributed by atoms with van der Waals surface area (Å²) in [6.07, 6.45) is 14.2. The molecule has 0 bridgehead atoms. The Kier molecular flexibility index (Phi) is 12.4. The van der Waals surface area contributed by atoms with Crippen molar-refractivity contribution in [1.82, 2.24) is 0 Å². The second-order valence-electron chi connectivity index (χ2n) is 12.5. The highest BCUT2D eigenvalue weighted by molar-refractivity contribution is 7.85. The Morgan fingerprint density at radius 1 is 0.660 bits per heavy atom. The molecule has 0 aromatic heterocycles. The monoisotopic (exact) mass is 673 g/mol. The number of methoxy groups -OCH3 is 2. The summed E-state index contributed by atoms with van der Waals surface area (Å²) < 4.78 is 42.5. The van der Waals surface area contributed by atoms with E-state index in [4.69, 9.17) is 19.8 Å². The van der Waals surface area contributed by atoms with Crippen molar-refractivity contribution >= 4 is 29.0 Å². The average Bonchev–Trinajstić information content (AvgIpc) is 3.09. The number of hydrogen-bond donors (Lipinski definition) is 2. The van der Waals surface area contributed by atoms with E-state index in [-0.39, 0.29) is 7.92 Å². The van der Waals surface area contributed by atoms with Crippen LogP contribution >= 0.6 is 7.92 Å². The van der Waals surface area contributed by atoms with Crippen LogP contribution in [0.4, 0.5) is 5.69 Å². The molecule has 6 nitrogen and oxygen atoms in total. The summed E-state index contributed by atoms with van der Waals surface area (Å²) in [5.74, 6) is 1.41. The number of nitrogen functional groups attached to an aromatic ring is 1. The van der Waals surface area contributed by atoms with Crippen LogP contribution in [0.5, 0.6) is 11.5 Å². The topological polar surface area (TPSA) is 98.9 Å². The van der Waals surface area contributed by atoms with Gasteiger partial charge in [0.1, 0.15) is 17.3 Å². The number of ether oxygens (including phenoxy) is 2. The minimum Gasteiger partial charge on any atom is -0.496 e. The third-order valence-electron chi connectivity index (χ3n) is 9.42. The van der Waals surface area contributed by atoms with E-state index in [0.29, 0.717) is 16.8 Å². The van der Waals surface area contributed by atoms with Gasteiger partial charge >= 0.3 is 0 Å². The van der Waals surface area contributed by atoms with Crippen molar-refractivity contribution < 1.29 is 22.4 Å². The molecular formula is C39H48NO5PS. The van der Waals surface area contributed by atoms with Crippen LogP contribution in [0, 0.1) is 0 Å². The molecule has 3 N–H and O–H groups in total. The van der Waals surface area contributed by atoms with E-state index in [1.54, 1.807) is 49.9 Å². The normalized spacial score (nSPS) is 15.9. The third kappa shape index (κ3) is 8.95. The Hall–Kier alpha value is -3.38. The summed E-state index contributed by atoms with van der Waals surface area (Å²) in [6.45, 7) is 0. The van der Waals surface area contributed by atoms with Gasteiger partial charge in [0.25, 0.3) is 10.1 Å². The molecule has 0 saturated heterocycles. The van der Waals surface area contributed by atoms with Gasteiger partial charge in [0.05, 0.1) is 19.8 Å².